The zero-order valence-corrected chi connectivity index (χ0v) is 19.6. The molecule has 0 radical (unpaired) electrons. The number of hydrogen-bond donors (Lipinski definition) is 0. The summed E-state index contributed by atoms with van der Waals surface area (Å²) in [6.45, 7) is 4.63. The van der Waals surface area contributed by atoms with Gasteiger partial charge in [-0.2, -0.15) is 0 Å². The zero-order valence-electron chi connectivity index (χ0n) is 18.8. The van der Waals surface area contributed by atoms with Crippen LogP contribution in [0.25, 0.3) is 16.9 Å². The molecule has 8 heteroatoms. The lowest BCUT2D eigenvalue weighted by molar-refractivity contribution is 0.482. The highest BCUT2D eigenvalue weighted by Gasteiger charge is 2.20. The number of fused-ring (bicyclic) bond motifs is 1. The van der Waals surface area contributed by atoms with Crippen molar-refractivity contribution in [1.29, 1.82) is 0 Å². The quantitative estimate of drug-likeness (QED) is 0.354. The van der Waals surface area contributed by atoms with E-state index in [2.05, 4.69) is 18.8 Å². The molecule has 0 fully saturated rings. The zero-order chi connectivity index (χ0) is 23.8. The van der Waals surface area contributed by atoms with Gasteiger partial charge in [0.1, 0.15) is 5.76 Å². The van der Waals surface area contributed by atoms with E-state index in [0.717, 1.165) is 11.1 Å². The van der Waals surface area contributed by atoms with Gasteiger partial charge >= 0.3 is 5.69 Å². The molecule has 0 saturated carbocycles. The van der Waals surface area contributed by atoms with Crippen molar-refractivity contribution >= 4 is 22.8 Å². The Bertz CT molecular complexity index is 1580. The van der Waals surface area contributed by atoms with Crippen molar-refractivity contribution in [2.24, 2.45) is 0 Å². The Hall–Kier alpha value is -3.84. The van der Waals surface area contributed by atoms with Crippen LogP contribution in [0.15, 0.2) is 87.3 Å². The molecule has 3 aromatic heterocycles. The topological polar surface area (TPSA) is 75.0 Å². The Balaban J connectivity index is 1.73. The van der Waals surface area contributed by atoms with E-state index in [1.54, 1.807) is 29.1 Å². The first-order chi connectivity index (χ1) is 16.4. The van der Waals surface area contributed by atoms with E-state index < -0.39 is 11.2 Å². The normalized spacial score (nSPS) is 11.5. The maximum atomic E-state index is 13.6. The molecule has 172 valence electrons. The third-order valence-electron chi connectivity index (χ3n) is 5.85. The molecule has 0 aliphatic heterocycles. The SMILES string of the molecule is CC(C)c1ccc(-n2c(=O)n(Cc3ccco3)c(=O)c3c2ncn3Cc2cccc(Cl)c2)cc1. The molecule has 3 heterocycles. The first-order valence-corrected chi connectivity index (χ1v) is 11.4. The molecule has 5 rings (SSSR count). The largest absolute Gasteiger partial charge is 0.467 e. The van der Waals surface area contributed by atoms with Crippen LogP contribution < -0.4 is 11.2 Å². The summed E-state index contributed by atoms with van der Waals surface area (Å²) in [7, 11) is 0. The number of rotatable bonds is 6. The Labute approximate surface area is 200 Å². The summed E-state index contributed by atoms with van der Waals surface area (Å²) >= 11 is 6.15. The van der Waals surface area contributed by atoms with E-state index in [1.807, 2.05) is 42.5 Å². The molecule has 0 atom stereocenters. The maximum absolute atomic E-state index is 13.6. The van der Waals surface area contributed by atoms with Gasteiger partial charge in [-0.3, -0.25) is 9.36 Å². The maximum Gasteiger partial charge on any atom is 0.337 e. The number of furan rings is 1. The number of halogens is 1. The number of nitrogens with zero attached hydrogens (tertiary/aromatic N) is 4. The van der Waals surface area contributed by atoms with Crippen LogP contribution >= 0.6 is 11.6 Å². The highest BCUT2D eigenvalue weighted by Crippen LogP contribution is 2.20. The Kier molecular flexibility index (Phi) is 5.71. The minimum absolute atomic E-state index is 0.0209. The average Bonchev–Trinajstić information content (AvgIpc) is 3.47. The van der Waals surface area contributed by atoms with Crippen molar-refractivity contribution in [2.45, 2.75) is 32.9 Å². The second-order valence-electron chi connectivity index (χ2n) is 8.51. The monoisotopic (exact) mass is 474 g/mol. The van der Waals surface area contributed by atoms with Crippen molar-refractivity contribution in [1.82, 2.24) is 18.7 Å². The van der Waals surface area contributed by atoms with Crippen molar-refractivity contribution in [3.63, 3.8) is 0 Å². The van der Waals surface area contributed by atoms with Gasteiger partial charge in [0.15, 0.2) is 11.2 Å². The van der Waals surface area contributed by atoms with E-state index in [1.165, 1.54) is 15.4 Å². The van der Waals surface area contributed by atoms with Crippen molar-refractivity contribution in [2.75, 3.05) is 0 Å². The van der Waals surface area contributed by atoms with Crippen molar-refractivity contribution < 1.29 is 4.42 Å². The third kappa shape index (κ3) is 3.99. The first kappa shape index (κ1) is 22.0. The summed E-state index contributed by atoms with van der Waals surface area (Å²) in [4.78, 5) is 31.6. The molecule has 0 bridgehead atoms. The fourth-order valence-electron chi connectivity index (χ4n) is 4.07. The van der Waals surface area contributed by atoms with E-state index in [4.69, 9.17) is 16.0 Å². The third-order valence-corrected chi connectivity index (χ3v) is 6.09. The summed E-state index contributed by atoms with van der Waals surface area (Å²) in [5.41, 5.74) is 2.46. The highest BCUT2D eigenvalue weighted by atomic mass is 35.5. The van der Waals surface area contributed by atoms with Gasteiger partial charge in [0.25, 0.3) is 5.56 Å². The molecular formula is C26H23ClN4O3. The second kappa shape index (κ2) is 8.83. The molecule has 0 aliphatic rings. The van der Waals surface area contributed by atoms with E-state index in [-0.39, 0.29) is 6.54 Å². The summed E-state index contributed by atoms with van der Waals surface area (Å²) in [6, 6.07) is 18.6. The fraction of sp³-hybridized carbons (Fsp3) is 0.192. The lowest BCUT2D eigenvalue weighted by Gasteiger charge is -2.13. The Morgan fingerprint density at radius 2 is 1.79 bits per heavy atom. The molecule has 0 amide bonds. The van der Waals surface area contributed by atoms with E-state index in [9.17, 15) is 9.59 Å². The summed E-state index contributed by atoms with van der Waals surface area (Å²) in [6.07, 6.45) is 3.11. The lowest BCUT2D eigenvalue weighted by Crippen LogP contribution is -2.40. The van der Waals surface area contributed by atoms with E-state index >= 15 is 0 Å². The number of imidazole rings is 1. The number of aromatic nitrogens is 4. The molecule has 0 N–H and O–H groups in total. The summed E-state index contributed by atoms with van der Waals surface area (Å²) in [5.74, 6) is 0.872. The van der Waals surface area contributed by atoms with Gasteiger partial charge in [0.2, 0.25) is 0 Å². The van der Waals surface area contributed by atoms with Crippen LogP contribution in [0, 0.1) is 0 Å². The molecule has 7 nitrogen and oxygen atoms in total. The fourth-order valence-corrected chi connectivity index (χ4v) is 4.28. The number of hydrogen-bond acceptors (Lipinski definition) is 4. The minimum atomic E-state index is -0.473. The predicted molar refractivity (Wildman–Crippen MR) is 132 cm³/mol. The van der Waals surface area contributed by atoms with Gasteiger partial charge in [-0.15, -0.1) is 0 Å². The van der Waals surface area contributed by atoms with Gasteiger partial charge in [0.05, 0.1) is 24.8 Å². The van der Waals surface area contributed by atoms with Gasteiger partial charge < -0.3 is 8.98 Å². The van der Waals surface area contributed by atoms with Crippen LogP contribution in [0.4, 0.5) is 0 Å². The smallest absolute Gasteiger partial charge is 0.337 e. The Morgan fingerprint density at radius 1 is 1.00 bits per heavy atom. The average molecular weight is 475 g/mol. The van der Waals surface area contributed by atoms with Crippen LogP contribution in [-0.2, 0) is 13.1 Å². The molecule has 0 saturated heterocycles. The first-order valence-electron chi connectivity index (χ1n) is 11.0. The van der Waals surface area contributed by atoms with Gasteiger partial charge in [-0.1, -0.05) is 49.7 Å². The summed E-state index contributed by atoms with van der Waals surface area (Å²) < 4.78 is 9.85. The number of benzene rings is 2. The Morgan fingerprint density at radius 3 is 2.47 bits per heavy atom. The van der Waals surface area contributed by atoms with Crippen LogP contribution in [-0.4, -0.2) is 18.7 Å². The molecule has 2 aromatic carbocycles. The van der Waals surface area contributed by atoms with Gasteiger partial charge in [-0.25, -0.2) is 14.3 Å². The standard InChI is InChI=1S/C26H23ClN4O3/c1-17(2)19-8-10-21(11-9-19)31-24-23(25(32)30(26(31)33)15-22-7-4-12-34-22)29(16-28-24)14-18-5-3-6-20(27)13-18/h3-13,16-17H,14-15H2,1-2H3. The molecule has 0 spiro atoms. The van der Waals surface area contributed by atoms with Crippen LogP contribution in [0.2, 0.25) is 5.02 Å². The van der Waals surface area contributed by atoms with E-state index in [0.29, 0.717) is 40.1 Å². The van der Waals surface area contributed by atoms with Crippen LogP contribution in [0.1, 0.15) is 36.7 Å². The van der Waals surface area contributed by atoms with Crippen molar-refractivity contribution in [3.05, 3.63) is 116 Å². The molecule has 0 unspecified atom stereocenters. The molecule has 5 aromatic rings. The van der Waals surface area contributed by atoms with Crippen LogP contribution in [0.3, 0.4) is 0 Å². The van der Waals surface area contributed by atoms with Crippen molar-refractivity contribution in [3.8, 4) is 5.69 Å². The molecule has 0 aliphatic carbocycles. The van der Waals surface area contributed by atoms with Gasteiger partial charge in [-0.05, 0) is 53.4 Å². The molecule has 34 heavy (non-hydrogen) atoms. The minimum Gasteiger partial charge on any atom is -0.467 e. The second-order valence-corrected chi connectivity index (χ2v) is 8.95. The molecular weight excluding hydrogens is 452 g/mol. The highest BCUT2D eigenvalue weighted by molar-refractivity contribution is 6.30. The lowest BCUT2D eigenvalue weighted by atomic mass is 10.0. The predicted octanol–water partition coefficient (Wildman–Crippen LogP) is 4.82. The van der Waals surface area contributed by atoms with Gasteiger partial charge in [0, 0.05) is 11.6 Å². The summed E-state index contributed by atoms with van der Waals surface area (Å²) in [5, 5.41) is 0.610. The van der Waals surface area contributed by atoms with Crippen LogP contribution in [0.5, 0.6) is 0 Å².